The molecule has 0 radical (unpaired) electrons. The molecule has 2 aromatic heterocycles. The molecule has 0 aromatic carbocycles. The molecule has 0 unspecified atom stereocenters. The molecule has 2 saturated heterocycles. The Kier molecular flexibility index (Phi) is 5.77. The number of imidazole rings is 1. The van der Waals surface area contributed by atoms with Crippen molar-refractivity contribution >= 4 is 28.9 Å². The highest BCUT2D eigenvalue weighted by Crippen LogP contribution is 2.40. The third kappa shape index (κ3) is 4.76. The van der Waals surface area contributed by atoms with Gasteiger partial charge in [-0.1, -0.05) is 0 Å². The molecule has 0 bridgehead atoms. The predicted molar refractivity (Wildman–Crippen MR) is 127 cm³/mol. The van der Waals surface area contributed by atoms with E-state index in [1.54, 1.807) is 4.90 Å². The van der Waals surface area contributed by atoms with Gasteiger partial charge in [0.05, 0.1) is 11.8 Å². The summed E-state index contributed by atoms with van der Waals surface area (Å²) >= 11 is 0. The number of carbonyl (C=O) groups is 2. The summed E-state index contributed by atoms with van der Waals surface area (Å²) in [6.07, 6.45) is 4.18. The van der Waals surface area contributed by atoms with E-state index in [1.165, 1.54) is 0 Å². The van der Waals surface area contributed by atoms with E-state index in [0.29, 0.717) is 51.1 Å². The highest BCUT2D eigenvalue weighted by atomic mass is 16.6. The van der Waals surface area contributed by atoms with Crippen LogP contribution in [0.4, 0.5) is 10.6 Å². The lowest BCUT2D eigenvalue weighted by Crippen LogP contribution is -2.50. The summed E-state index contributed by atoms with van der Waals surface area (Å²) in [6.45, 7) is 10.7. The first kappa shape index (κ1) is 22.7. The van der Waals surface area contributed by atoms with Crippen LogP contribution >= 0.6 is 0 Å². The number of fused-ring (bicyclic) bond motifs is 1. The first-order valence-corrected chi connectivity index (χ1v) is 12.2. The minimum Gasteiger partial charge on any atom is -0.473 e. The third-order valence-electron chi connectivity index (χ3n) is 6.67. The van der Waals surface area contributed by atoms with Gasteiger partial charge in [0.1, 0.15) is 23.0 Å². The number of piperazine rings is 1. The zero-order chi connectivity index (χ0) is 24.0. The molecule has 10 heteroatoms. The SMILES string of the molecule is C[C@@H](Oc1nc(N2CCN(C(=O)OC(C)(C)C)CC2)cc2ncn(C3CC3)c12)[C@H]1CNC(=O)C1. The molecule has 1 N–H and O–H groups in total. The van der Waals surface area contributed by atoms with Crippen LogP contribution in [0.25, 0.3) is 11.0 Å². The van der Waals surface area contributed by atoms with Gasteiger partial charge in [-0.2, -0.15) is 4.98 Å². The number of hydrogen-bond acceptors (Lipinski definition) is 7. The molecule has 1 aliphatic carbocycles. The van der Waals surface area contributed by atoms with E-state index in [-0.39, 0.29) is 24.0 Å². The normalized spacial score (nSPS) is 22.1. The van der Waals surface area contributed by atoms with Crippen molar-refractivity contribution in [3.05, 3.63) is 12.4 Å². The van der Waals surface area contributed by atoms with Crippen LogP contribution in [0.5, 0.6) is 5.88 Å². The highest BCUT2D eigenvalue weighted by molar-refractivity contribution is 5.84. The number of ether oxygens (including phenoxy) is 2. The summed E-state index contributed by atoms with van der Waals surface area (Å²) in [5.74, 6) is 1.54. The molecule has 3 fully saturated rings. The Morgan fingerprint density at radius 3 is 2.56 bits per heavy atom. The smallest absolute Gasteiger partial charge is 0.410 e. The molecule has 34 heavy (non-hydrogen) atoms. The van der Waals surface area contributed by atoms with E-state index in [2.05, 4.69) is 19.8 Å². The minimum atomic E-state index is -0.510. The first-order chi connectivity index (χ1) is 16.2. The topological polar surface area (TPSA) is 102 Å². The van der Waals surface area contributed by atoms with Crippen molar-refractivity contribution in [1.29, 1.82) is 0 Å². The lowest BCUT2D eigenvalue weighted by Gasteiger charge is -2.36. The zero-order valence-corrected chi connectivity index (χ0v) is 20.4. The van der Waals surface area contributed by atoms with Crippen LogP contribution in [-0.2, 0) is 9.53 Å². The van der Waals surface area contributed by atoms with E-state index in [0.717, 1.165) is 29.7 Å². The highest BCUT2D eigenvalue weighted by Gasteiger charge is 2.32. The summed E-state index contributed by atoms with van der Waals surface area (Å²) in [5, 5.41) is 2.89. The maximum atomic E-state index is 12.4. The summed E-state index contributed by atoms with van der Waals surface area (Å²) in [7, 11) is 0. The van der Waals surface area contributed by atoms with Gasteiger partial charge in [-0.3, -0.25) is 4.79 Å². The molecule has 184 valence electrons. The average molecular weight is 471 g/mol. The lowest BCUT2D eigenvalue weighted by atomic mass is 10.0. The van der Waals surface area contributed by atoms with E-state index in [9.17, 15) is 9.59 Å². The number of anilines is 1. The van der Waals surface area contributed by atoms with Gasteiger partial charge in [-0.15, -0.1) is 0 Å². The van der Waals surface area contributed by atoms with Gasteiger partial charge in [0.15, 0.2) is 0 Å². The van der Waals surface area contributed by atoms with Crippen LogP contribution < -0.4 is 15.0 Å². The van der Waals surface area contributed by atoms with Crippen molar-refractivity contribution in [1.82, 2.24) is 24.8 Å². The van der Waals surface area contributed by atoms with Gasteiger partial charge >= 0.3 is 6.09 Å². The summed E-state index contributed by atoms with van der Waals surface area (Å²) in [6, 6.07) is 2.46. The molecular weight excluding hydrogens is 436 g/mol. The second-order valence-corrected chi connectivity index (χ2v) is 10.6. The second-order valence-electron chi connectivity index (χ2n) is 10.6. The van der Waals surface area contributed by atoms with Gasteiger partial charge in [-0.05, 0) is 40.5 Å². The molecule has 2 aromatic rings. The number of rotatable bonds is 5. The molecule has 10 nitrogen and oxygen atoms in total. The quantitative estimate of drug-likeness (QED) is 0.717. The van der Waals surface area contributed by atoms with Crippen LogP contribution in [0.15, 0.2) is 12.4 Å². The zero-order valence-electron chi connectivity index (χ0n) is 20.4. The molecule has 3 aliphatic rings. The molecule has 1 saturated carbocycles. The van der Waals surface area contributed by atoms with E-state index < -0.39 is 5.60 Å². The number of nitrogens with zero attached hydrogens (tertiary/aromatic N) is 5. The van der Waals surface area contributed by atoms with Crippen molar-refractivity contribution in [3.8, 4) is 5.88 Å². The van der Waals surface area contributed by atoms with Crippen LogP contribution in [-0.4, -0.2) is 75.9 Å². The van der Waals surface area contributed by atoms with Gasteiger partial charge in [0.25, 0.3) is 0 Å². The first-order valence-electron chi connectivity index (χ1n) is 12.2. The van der Waals surface area contributed by atoms with Gasteiger partial charge in [0.2, 0.25) is 11.8 Å². The standard InChI is InChI=1S/C24H34N6O4/c1-15(16-11-20(31)25-13-16)33-22-21-18(26-14-30(21)17-5-6-17)12-19(27-22)28-7-9-29(10-8-28)23(32)34-24(2,3)4/h12,14-17H,5-11,13H2,1-4H3,(H,25,31)/t15-,16-/m1/s1. The van der Waals surface area contributed by atoms with Crippen LogP contribution in [0.3, 0.4) is 0 Å². The fourth-order valence-electron chi connectivity index (χ4n) is 4.56. The fourth-order valence-corrected chi connectivity index (χ4v) is 4.56. The van der Waals surface area contributed by atoms with Gasteiger partial charge < -0.3 is 29.2 Å². The number of amides is 2. The predicted octanol–water partition coefficient (Wildman–Crippen LogP) is 2.73. The van der Waals surface area contributed by atoms with Crippen molar-refractivity contribution < 1.29 is 19.1 Å². The third-order valence-corrected chi connectivity index (χ3v) is 6.67. The second kappa shape index (κ2) is 8.63. The Hall–Kier alpha value is -3.04. The molecule has 2 amide bonds. The van der Waals surface area contributed by atoms with Gasteiger partial charge in [0, 0.05) is 57.2 Å². The largest absolute Gasteiger partial charge is 0.473 e. The Labute approximate surface area is 199 Å². The number of pyridine rings is 1. The monoisotopic (exact) mass is 470 g/mol. The Bertz CT molecular complexity index is 1080. The van der Waals surface area contributed by atoms with E-state index in [1.807, 2.05) is 40.1 Å². The maximum Gasteiger partial charge on any atom is 0.410 e. The average Bonchev–Trinajstić information content (AvgIpc) is 3.38. The Morgan fingerprint density at radius 2 is 1.94 bits per heavy atom. The van der Waals surface area contributed by atoms with Gasteiger partial charge in [-0.25, -0.2) is 9.78 Å². The number of nitrogens with one attached hydrogen (secondary N) is 1. The Morgan fingerprint density at radius 1 is 1.21 bits per heavy atom. The van der Waals surface area contributed by atoms with Crippen LogP contribution in [0.2, 0.25) is 0 Å². The summed E-state index contributed by atoms with van der Waals surface area (Å²) in [5.41, 5.74) is 1.26. The number of aromatic nitrogens is 3. The van der Waals surface area contributed by atoms with Crippen molar-refractivity contribution in [2.75, 3.05) is 37.6 Å². The molecule has 5 rings (SSSR count). The van der Waals surface area contributed by atoms with Crippen molar-refractivity contribution in [2.24, 2.45) is 5.92 Å². The summed E-state index contributed by atoms with van der Waals surface area (Å²) in [4.78, 5) is 37.6. The van der Waals surface area contributed by atoms with Crippen LogP contribution in [0, 0.1) is 5.92 Å². The van der Waals surface area contributed by atoms with E-state index >= 15 is 0 Å². The minimum absolute atomic E-state index is 0.0678. The van der Waals surface area contributed by atoms with E-state index in [4.69, 9.17) is 14.5 Å². The fraction of sp³-hybridized carbons (Fsp3) is 0.667. The van der Waals surface area contributed by atoms with Crippen molar-refractivity contribution in [2.45, 2.75) is 64.7 Å². The lowest BCUT2D eigenvalue weighted by molar-refractivity contribution is -0.119. The molecule has 0 spiro atoms. The molecule has 4 heterocycles. The molecular formula is C24H34N6O4. The molecule has 2 aliphatic heterocycles. The molecule has 2 atom stereocenters. The van der Waals surface area contributed by atoms with Crippen LogP contribution in [0.1, 0.15) is 53.0 Å². The number of hydrogen-bond donors (Lipinski definition) is 1. The van der Waals surface area contributed by atoms with Crippen molar-refractivity contribution in [3.63, 3.8) is 0 Å². The summed E-state index contributed by atoms with van der Waals surface area (Å²) < 4.78 is 14.1. The Balaban J connectivity index is 1.36. The maximum absolute atomic E-state index is 12.4. The number of carbonyl (C=O) groups excluding carboxylic acids is 2.